The minimum Gasteiger partial charge on any atom is -0.481 e. The van der Waals surface area contributed by atoms with Gasteiger partial charge in [0.1, 0.15) is 0 Å². The summed E-state index contributed by atoms with van der Waals surface area (Å²) in [5.41, 5.74) is 1.97. The number of aromatic nitrogens is 1. The summed E-state index contributed by atoms with van der Waals surface area (Å²) in [4.78, 5) is 15.2. The highest BCUT2D eigenvalue weighted by molar-refractivity contribution is 5.70. The molecule has 4 nitrogen and oxygen atoms in total. The standard InChI is InChI=1S/C13H18N2O2/c1-9-5-6-12(8-14-9)15-11-4-2-3-10(7-11)13(16)17/h5-6,8,10-11,15H,2-4,7H2,1H3,(H,16,17). The van der Waals surface area contributed by atoms with Crippen molar-refractivity contribution in [3.63, 3.8) is 0 Å². The number of rotatable bonds is 3. The summed E-state index contributed by atoms with van der Waals surface area (Å²) in [6.07, 6.45) is 5.34. The Labute approximate surface area is 101 Å². The van der Waals surface area contributed by atoms with Gasteiger partial charge in [-0.05, 0) is 38.3 Å². The van der Waals surface area contributed by atoms with E-state index in [9.17, 15) is 4.79 Å². The van der Waals surface area contributed by atoms with Crippen LogP contribution in [-0.2, 0) is 4.79 Å². The molecule has 4 heteroatoms. The molecule has 0 aromatic carbocycles. The lowest BCUT2D eigenvalue weighted by Gasteiger charge is -2.28. The summed E-state index contributed by atoms with van der Waals surface area (Å²) in [6.45, 7) is 1.95. The van der Waals surface area contributed by atoms with Crippen molar-refractivity contribution in [2.75, 3.05) is 5.32 Å². The van der Waals surface area contributed by atoms with Crippen molar-refractivity contribution in [2.24, 2.45) is 5.92 Å². The van der Waals surface area contributed by atoms with E-state index >= 15 is 0 Å². The van der Waals surface area contributed by atoms with Gasteiger partial charge in [0.05, 0.1) is 17.8 Å². The molecule has 0 radical (unpaired) electrons. The lowest BCUT2D eigenvalue weighted by molar-refractivity contribution is -0.142. The molecule has 17 heavy (non-hydrogen) atoms. The summed E-state index contributed by atoms with van der Waals surface area (Å²) >= 11 is 0. The number of carboxylic acid groups (broad SMARTS) is 1. The molecule has 0 amide bonds. The fraction of sp³-hybridized carbons (Fsp3) is 0.538. The summed E-state index contributed by atoms with van der Waals surface area (Å²) in [7, 11) is 0. The lowest BCUT2D eigenvalue weighted by atomic mass is 9.86. The van der Waals surface area contributed by atoms with Crippen LogP contribution < -0.4 is 5.32 Å². The van der Waals surface area contributed by atoms with Crippen LogP contribution in [0.25, 0.3) is 0 Å². The zero-order chi connectivity index (χ0) is 12.3. The minimum atomic E-state index is -0.668. The maximum Gasteiger partial charge on any atom is 0.306 e. The van der Waals surface area contributed by atoms with Crippen molar-refractivity contribution in [1.82, 2.24) is 4.98 Å². The molecule has 2 rings (SSSR count). The number of pyridine rings is 1. The molecule has 2 unspecified atom stereocenters. The Hall–Kier alpha value is -1.58. The normalized spacial score (nSPS) is 24.3. The van der Waals surface area contributed by atoms with Crippen LogP contribution in [0.2, 0.25) is 0 Å². The molecule has 1 aliphatic rings. The van der Waals surface area contributed by atoms with Gasteiger partial charge in [-0.1, -0.05) is 6.42 Å². The summed E-state index contributed by atoms with van der Waals surface area (Å²) < 4.78 is 0. The molecular weight excluding hydrogens is 216 g/mol. The molecule has 0 aliphatic heterocycles. The average Bonchev–Trinajstić information content (AvgIpc) is 2.32. The zero-order valence-corrected chi connectivity index (χ0v) is 10.0. The van der Waals surface area contributed by atoms with Gasteiger partial charge in [0.15, 0.2) is 0 Å². The number of aryl methyl sites for hydroxylation is 1. The summed E-state index contributed by atoms with van der Waals surface area (Å²) in [6, 6.07) is 4.21. The Kier molecular flexibility index (Phi) is 3.61. The molecule has 1 aromatic heterocycles. The van der Waals surface area contributed by atoms with E-state index in [2.05, 4.69) is 10.3 Å². The number of nitrogens with zero attached hydrogens (tertiary/aromatic N) is 1. The third kappa shape index (κ3) is 3.19. The monoisotopic (exact) mass is 234 g/mol. The summed E-state index contributed by atoms with van der Waals surface area (Å²) in [5, 5.41) is 12.4. The van der Waals surface area contributed by atoms with Crippen LogP contribution in [-0.4, -0.2) is 22.1 Å². The van der Waals surface area contributed by atoms with E-state index in [1.165, 1.54) is 0 Å². The van der Waals surface area contributed by atoms with Gasteiger partial charge in [0.25, 0.3) is 0 Å². The third-order valence-corrected chi connectivity index (χ3v) is 3.31. The van der Waals surface area contributed by atoms with Crippen LogP contribution in [0.5, 0.6) is 0 Å². The molecule has 1 saturated carbocycles. The van der Waals surface area contributed by atoms with E-state index in [1.54, 1.807) is 6.20 Å². The van der Waals surface area contributed by atoms with Gasteiger partial charge in [-0.2, -0.15) is 0 Å². The van der Waals surface area contributed by atoms with Gasteiger partial charge in [-0.15, -0.1) is 0 Å². The third-order valence-electron chi connectivity index (χ3n) is 3.31. The quantitative estimate of drug-likeness (QED) is 0.843. The Morgan fingerprint density at radius 2 is 2.29 bits per heavy atom. The van der Waals surface area contributed by atoms with Crippen molar-refractivity contribution in [1.29, 1.82) is 0 Å². The second kappa shape index (κ2) is 5.17. The van der Waals surface area contributed by atoms with E-state index < -0.39 is 5.97 Å². The van der Waals surface area contributed by atoms with Crippen LogP contribution in [0.3, 0.4) is 0 Å². The van der Waals surface area contributed by atoms with Crippen LogP contribution >= 0.6 is 0 Å². The first kappa shape index (κ1) is 11.9. The van der Waals surface area contributed by atoms with Gasteiger partial charge in [0.2, 0.25) is 0 Å². The van der Waals surface area contributed by atoms with Crippen LogP contribution in [0.4, 0.5) is 5.69 Å². The van der Waals surface area contributed by atoms with Gasteiger partial charge in [-0.3, -0.25) is 9.78 Å². The van der Waals surface area contributed by atoms with E-state index in [0.29, 0.717) is 6.42 Å². The van der Waals surface area contributed by atoms with Crippen molar-refractivity contribution < 1.29 is 9.90 Å². The van der Waals surface area contributed by atoms with Crippen LogP contribution in [0, 0.1) is 12.8 Å². The predicted molar refractivity (Wildman–Crippen MR) is 66.0 cm³/mol. The maximum absolute atomic E-state index is 11.0. The van der Waals surface area contributed by atoms with Crippen molar-refractivity contribution >= 4 is 11.7 Å². The smallest absolute Gasteiger partial charge is 0.306 e. The van der Waals surface area contributed by atoms with Gasteiger partial charge >= 0.3 is 5.97 Å². The highest BCUT2D eigenvalue weighted by Gasteiger charge is 2.26. The van der Waals surface area contributed by atoms with Gasteiger partial charge < -0.3 is 10.4 Å². The van der Waals surface area contributed by atoms with Crippen molar-refractivity contribution in [2.45, 2.75) is 38.6 Å². The first-order valence-electron chi connectivity index (χ1n) is 6.07. The lowest BCUT2D eigenvalue weighted by Crippen LogP contribution is -2.30. The van der Waals surface area contributed by atoms with Crippen molar-refractivity contribution in [3.8, 4) is 0 Å². The van der Waals surface area contributed by atoms with E-state index in [4.69, 9.17) is 5.11 Å². The number of aliphatic carboxylic acids is 1. The number of carboxylic acids is 1. The maximum atomic E-state index is 11.0. The molecule has 2 N–H and O–H groups in total. The first-order valence-corrected chi connectivity index (χ1v) is 6.07. The molecule has 0 saturated heterocycles. The SMILES string of the molecule is Cc1ccc(NC2CCCC(C(=O)O)C2)cn1. The van der Waals surface area contributed by atoms with E-state index in [-0.39, 0.29) is 12.0 Å². The fourth-order valence-corrected chi connectivity index (χ4v) is 2.33. The Bertz CT molecular complexity index is 389. The molecule has 1 aliphatic carbocycles. The molecule has 2 atom stereocenters. The Balaban J connectivity index is 1.94. The second-order valence-electron chi connectivity index (χ2n) is 4.73. The molecular formula is C13H18N2O2. The van der Waals surface area contributed by atoms with Crippen LogP contribution in [0.1, 0.15) is 31.4 Å². The zero-order valence-electron chi connectivity index (χ0n) is 10.0. The molecule has 1 fully saturated rings. The number of anilines is 1. The van der Waals surface area contributed by atoms with Gasteiger partial charge in [0, 0.05) is 11.7 Å². The van der Waals surface area contributed by atoms with E-state index in [0.717, 1.165) is 30.6 Å². The molecule has 0 spiro atoms. The number of carbonyl (C=O) groups is 1. The molecule has 1 aromatic rings. The molecule has 0 bridgehead atoms. The summed E-state index contributed by atoms with van der Waals surface area (Å²) in [5.74, 6) is -0.863. The first-order chi connectivity index (χ1) is 8.15. The number of hydrogen-bond acceptors (Lipinski definition) is 3. The number of hydrogen-bond donors (Lipinski definition) is 2. The highest BCUT2D eigenvalue weighted by atomic mass is 16.4. The Morgan fingerprint density at radius 3 is 2.94 bits per heavy atom. The van der Waals surface area contributed by atoms with Crippen molar-refractivity contribution in [3.05, 3.63) is 24.0 Å². The Morgan fingerprint density at radius 1 is 1.47 bits per heavy atom. The highest BCUT2D eigenvalue weighted by Crippen LogP contribution is 2.26. The van der Waals surface area contributed by atoms with E-state index in [1.807, 2.05) is 19.1 Å². The molecule has 92 valence electrons. The van der Waals surface area contributed by atoms with Crippen LogP contribution in [0.15, 0.2) is 18.3 Å². The number of nitrogens with one attached hydrogen (secondary N) is 1. The average molecular weight is 234 g/mol. The van der Waals surface area contributed by atoms with Gasteiger partial charge in [-0.25, -0.2) is 0 Å². The minimum absolute atomic E-state index is 0.195. The topological polar surface area (TPSA) is 62.2 Å². The molecule has 1 heterocycles. The fourth-order valence-electron chi connectivity index (χ4n) is 2.33. The second-order valence-corrected chi connectivity index (χ2v) is 4.73. The largest absolute Gasteiger partial charge is 0.481 e. The predicted octanol–water partition coefficient (Wildman–Crippen LogP) is 2.45.